The van der Waals surface area contributed by atoms with Gasteiger partial charge in [-0.15, -0.1) is 0 Å². The molecule has 0 bridgehead atoms. The largest absolute Gasteiger partial charge is 0.382 e. The molecular weight excluding hydrogens is 178 g/mol. The molecule has 1 aliphatic rings. The van der Waals surface area contributed by atoms with Crippen LogP contribution in [0.25, 0.3) is 0 Å². The lowest BCUT2D eigenvalue weighted by Gasteiger charge is -2.15. The van der Waals surface area contributed by atoms with Crippen molar-refractivity contribution in [1.29, 1.82) is 0 Å². The lowest BCUT2D eigenvalue weighted by molar-refractivity contribution is 0.0100. The van der Waals surface area contributed by atoms with Crippen LogP contribution in [0, 0.1) is 5.92 Å². The van der Waals surface area contributed by atoms with Crippen LogP contribution in [0.2, 0.25) is 0 Å². The Balaban J connectivity index is 1.87. The minimum Gasteiger partial charge on any atom is -0.382 e. The Labute approximate surface area is 87.2 Å². The van der Waals surface area contributed by atoms with Crippen LogP contribution >= 0.6 is 0 Å². The molecule has 0 heterocycles. The maximum Gasteiger partial charge on any atom is 0.0780 e. The van der Waals surface area contributed by atoms with Gasteiger partial charge >= 0.3 is 0 Å². The highest BCUT2D eigenvalue weighted by molar-refractivity contribution is 4.82. The molecule has 0 aromatic rings. The number of hydrogen-bond donors (Lipinski definition) is 1. The van der Waals surface area contributed by atoms with Crippen LogP contribution in [-0.4, -0.2) is 39.0 Å². The molecule has 0 saturated heterocycles. The number of ether oxygens (including phenoxy) is 2. The standard InChI is InChI=1S/C11H23NO2/c1-9(8-13-3)14-7-6-12-10(2)11-4-5-11/h9-12H,4-8H2,1-3H3. The van der Waals surface area contributed by atoms with E-state index in [2.05, 4.69) is 12.2 Å². The van der Waals surface area contributed by atoms with Crippen LogP contribution in [0.4, 0.5) is 0 Å². The Morgan fingerprint density at radius 1 is 1.36 bits per heavy atom. The first kappa shape index (κ1) is 12.0. The first-order valence-electron chi connectivity index (χ1n) is 5.58. The summed E-state index contributed by atoms with van der Waals surface area (Å²) >= 11 is 0. The summed E-state index contributed by atoms with van der Waals surface area (Å²) in [6.07, 6.45) is 3.00. The highest BCUT2D eigenvalue weighted by Gasteiger charge is 2.27. The summed E-state index contributed by atoms with van der Waals surface area (Å²) in [5.74, 6) is 0.923. The first-order chi connectivity index (χ1) is 6.74. The molecule has 1 saturated carbocycles. The molecule has 1 fully saturated rings. The second-order valence-electron chi connectivity index (χ2n) is 4.22. The summed E-state index contributed by atoms with van der Waals surface area (Å²) < 4.78 is 10.5. The van der Waals surface area contributed by atoms with Gasteiger partial charge in [0.2, 0.25) is 0 Å². The number of hydrogen-bond acceptors (Lipinski definition) is 3. The fourth-order valence-electron chi connectivity index (χ4n) is 1.59. The predicted octanol–water partition coefficient (Wildman–Crippen LogP) is 1.43. The van der Waals surface area contributed by atoms with Gasteiger partial charge in [-0.05, 0) is 32.6 Å². The Morgan fingerprint density at radius 2 is 2.07 bits per heavy atom. The fraction of sp³-hybridized carbons (Fsp3) is 1.00. The third kappa shape index (κ3) is 4.94. The van der Waals surface area contributed by atoms with Crippen molar-refractivity contribution in [2.75, 3.05) is 26.9 Å². The molecule has 1 N–H and O–H groups in total. The Bertz CT molecular complexity index is 148. The number of rotatable bonds is 8. The minimum atomic E-state index is 0.207. The zero-order chi connectivity index (χ0) is 10.4. The predicted molar refractivity (Wildman–Crippen MR) is 57.5 cm³/mol. The summed E-state index contributed by atoms with van der Waals surface area (Å²) in [6.45, 7) is 6.70. The van der Waals surface area contributed by atoms with Crippen molar-refractivity contribution in [3.8, 4) is 0 Å². The Kier molecular flexibility index (Phi) is 5.45. The molecular formula is C11H23NO2. The first-order valence-corrected chi connectivity index (χ1v) is 5.58. The van der Waals surface area contributed by atoms with Crippen molar-refractivity contribution in [3.63, 3.8) is 0 Å². The number of methoxy groups -OCH3 is 1. The zero-order valence-electron chi connectivity index (χ0n) is 9.58. The highest BCUT2D eigenvalue weighted by Crippen LogP contribution is 2.32. The van der Waals surface area contributed by atoms with Gasteiger partial charge in [0.15, 0.2) is 0 Å². The zero-order valence-corrected chi connectivity index (χ0v) is 9.58. The molecule has 14 heavy (non-hydrogen) atoms. The van der Waals surface area contributed by atoms with E-state index in [-0.39, 0.29) is 6.10 Å². The molecule has 0 aromatic heterocycles. The third-order valence-corrected chi connectivity index (χ3v) is 2.70. The van der Waals surface area contributed by atoms with Gasteiger partial charge < -0.3 is 14.8 Å². The summed E-state index contributed by atoms with van der Waals surface area (Å²) in [6, 6.07) is 0.663. The molecule has 3 heteroatoms. The third-order valence-electron chi connectivity index (χ3n) is 2.70. The smallest absolute Gasteiger partial charge is 0.0780 e. The van der Waals surface area contributed by atoms with Gasteiger partial charge in [0, 0.05) is 19.7 Å². The van der Waals surface area contributed by atoms with Gasteiger partial charge in [0.05, 0.1) is 19.3 Å². The summed E-state index contributed by atoms with van der Waals surface area (Å²) in [4.78, 5) is 0. The SMILES string of the molecule is COCC(C)OCCNC(C)C1CC1. The summed E-state index contributed by atoms with van der Waals surface area (Å²) in [5, 5.41) is 3.48. The molecule has 84 valence electrons. The van der Waals surface area contributed by atoms with Crippen molar-refractivity contribution >= 4 is 0 Å². The maximum atomic E-state index is 5.55. The van der Waals surface area contributed by atoms with Gasteiger partial charge in [-0.2, -0.15) is 0 Å². The highest BCUT2D eigenvalue weighted by atomic mass is 16.5. The number of nitrogens with one attached hydrogen (secondary N) is 1. The molecule has 1 aliphatic carbocycles. The van der Waals surface area contributed by atoms with Crippen LogP contribution in [0.1, 0.15) is 26.7 Å². The Hall–Kier alpha value is -0.120. The van der Waals surface area contributed by atoms with E-state index in [1.807, 2.05) is 6.92 Å². The van der Waals surface area contributed by atoms with Crippen LogP contribution < -0.4 is 5.32 Å². The molecule has 2 atom stereocenters. The van der Waals surface area contributed by atoms with Crippen LogP contribution in [0.15, 0.2) is 0 Å². The summed E-state index contributed by atoms with van der Waals surface area (Å²) in [7, 11) is 1.70. The second-order valence-corrected chi connectivity index (χ2v) is 4.22. The maximum absolute atomic E-state index is 5.55. The normalized spacial score (nSPS) is 20.8. The van der Waals surface area contributed by atoms with Crippen molar-refractivity contribution in [1.82, 2.24) is 5.32 Å². The fourth-order valence-corrected chi connectivity index (χ4v) is 1.59. The van der Waals surface area contributed by atoms with Gasteiger partial charge in [-0.1, -0.05) is 0 Å². The Morgan fingerprint density at radius 3 is 2.64 bits per heavy atom. The van der Waals surface area contributed by atoms with Crippen LogP contribution in [0.5, 0.6) is 0 Å². The molecule has 0 radical (unpaired) electrons. The van der Waals surface area contributed by atoms with Gasteiger partial charge in [0.25, 0.3) is 0 Å². The average Bonchev–Trinajstić information content (AvgIpc) is 2.95. The van der Waals surface area contributed by atoms with Crippen molar-refractivity contribution < 1.29 is 9.47 Å². The van der Waals surface area contributed by atoms with E-state index in [0.29, 0.717) is 12.6 Å². The van der Waals surface area contributed by atoms with Crippen molar-refractivity contribution in [2.24, 2.45) is 5.92 Å². The van der Waals surface area contributed by atoms with Crippen LogP contribution in [0.3, 0.4) is 0 Å². The van der Waals surface area contributed by atoms with Gasteiger partial charge in [-0.3, -0.25) is 0 Å². The second kappa shape index (κ2) is 6.38. The molecule has 0 aliphatic heterocycles. The van der Waals surface area contributed by atoms with Crippen molar-refractivity contribution in [2.45, 2.75) is 38.8 Å². The van der Waals surface area contributed by atoms with E-state index in [1.165, 1.54) is 12.8 Å². The van der Waals surface area contributed by atoms with E-state index >= 15 is 0 Å². The van der Waals surface area contributed by atoms with Gasteiger partial charge in [-0.25, -0.2) is 0 Å². The van der Waals surface area contributed by atoms with E-state index in [1.54, 1.807) is 7.11 Å². The van der Waals surface area contributed by atoms with E-state index in [9.17, 15) is 0 Å². The molecule has 2 unspecified atom stereocenters. The van der Waals surface area contributed by atoms with Crippen LogP contribution in [-0.2, 0) is 9.47 Å². The molecule has 0 spiro atoms. The molecule has 0 aromatic carbocycles. The topological polar surface area (TPSA) is 30.5 Å². The van der Waals surface area contributed by atoms with E-state index in [0.717, 1.165) is 19.1 Å². The van der Waals surface area contributed by atoms with E-state index < -0.39 is 0 Å². The summed E-state index contributed by atoms with van der Waals surface area (Å²) in [5.41, 5.74) is 0. The average molecular weight is 201 g/mol. The lowest BCUT2D eigenvalue weighted by Crippen LogP contribution is -2.32. The monoisotopic (exact) mass is 201 g/mol. The molecule has 1 rings (SSSR count). The van der Waals surface area contributed by atoms with E-state index in [4.69, 9.17) is 9.47 Å². The van der Waals surface area contributed by atoms with Crippen molar-refractivity contribution in [3.05, 3.63) is 0 Å². The molecule has 0 amide bonds. The molecule has 3 nitrogen and oxygen atoms in total. The lowest BCUT2D eigenvalue weighted by atomic mass is 10.2. The minimum absolute atomic E-state index is 0.207. The van der Waals surface area contributed by atoms with Gasteiger partial charge in [0.1, 0.15) is 0 Å². The quantitative estimate of drug-likeness (QED) is 0.603.